The molecule has 1 aliphatic heterocycles. The van der Waals surface area contributed by atoms with Crippen molar-refractivity contribution in [3.8, 4) is 0 Å². The van der Waals surface area contributed by atoms with Crippen molar-refractivity contribution in [3.05, 3.63) is 82.9 Å². The van der Waals surface area contributed by atoms with E-state index >= 15 is 0 Å². The fraction of sp³-hybridized carbons (Fsp3) is 0.515. The molecule has 2 aromatic carbocycles. The smallest absolute Gasteiger partial charge is 0.0409 e. The van der Waals surface area contributed by atoms with Crippen LogP contribution in [0.3, 0.4) is 0 Å². The molecule has 1 saturated heterocycles. The quantitative estimate of drug-likeness (QED) is 0.382. The molecule has 0 amide bonds. The molecular weight excluding hydrogens is 446 g/mol. The molecule has 1 aliphatic carbocycles. The van der Waals surface area contributed by atoms with E-state index in [9.17, 15) is 0 Å². The summed E-state index contributed by atoms with van der Waals surface area (Å²) in [5.41, 5.74) is 7.53. The summed E-state index contributed by atoms with van der Waals surface area (Å²) >= 11 is 5.79. The number of allylic oxidation sites excluding steroid dienone is 2. The Kier molecular flexibility index (Phi) is 15.5. The monoisotopic (exact) mass is 495 g/mol. The predicted octanol–water partition coefficient (Wildman–Crippen LogP) is 10.8. The molecule has 1 nitrogen and oxygen atoms in total. The van der Waals surface area contributed by atoms with E-state index in [0.717, 1.165) is 16.5 Å². The number of aryl methyl sites for hydroxylation is 2. The molecule has 0 spiro atoms. The first-order chi connectivity index (χ1) is 16.8. The first kappa shape index (κ1) is 31.0. The van der Waals surface area contributed by atoms with Crippen molar-refractivity contribution < 1.29 is 0 Å². The van der Waals surface area contributed by atoms with Gasteiger partial charge in [-0.1, -0.05) is 106 Å². The SMILES string of the molecule is C1CCCCC1.C=C(C)C1CCN(c2cccc(C)c2)CC1.C=C(C)c1ccc(Cl)cc1C.CC. The second-order valence-electron chi connectivity index (χ2n) is 9.81. The van der Waals surface area contributed by atoms with Gasteiger partial charge < -0.3 is 4.90 Å². The van der Waals surface area contributed by atoms with E-state index < -0.39 is 0 Å². The maximum atomic E-state index is 5.79. The molecule has 0 radical (unpaired) electrons. The maximum absolute atomic E-state index is 5.79. The van der Waals surface area contributed by atoms with Crippen molar-refractivity contribution >= 4 is 22.9 Å². The van der Waals surface area contributed by atoms with Crippen LogP contribution in [0.1, 0.15) is 95.8 Å². The number of hydrogen-bond acceptors (Lipinski definition) is 1. The second kappa shape index (κ2) is 17.4. The van der Waals surface area contributed by atoms with E-state index in [2.05, 4.69) is 56.2 Å². The molecule has 194 valence electrons. The number of benzene rings is 2. The van der Waals surface area contributed by atoms with Crippen LogP contribution < -0.4 is 4.90 Å². The third kappa shape index (κ3) is 12.0. The molecule has 4 rings (SSSR count). The van der Waals surface area contributed by atoms with Gasteiger partial charge in [-0.3, -0.25) is 0 Å². The molecule has 35 heavy (non-hydrogen) atoms. The Balaban J connectivity index is 0.000000278. The topological polar surface area (TPSA) is 3.24 Å². The summed E-state index contributed by atoms with van der Waals surface area (Å²) in [6.45, 7) is 22.6. The lowest BCUT2D eigenvalue weighted by Crippen LogP contribution is -2.33. The zero-order valence-electron chi connectivity index (χ0n) is 23.4. The van der Waals surface area contributed by atoms with Gasteiger partial charge in [0.05, 0.1) is 0 Å². The van der Waals surface area contributed by atoms with Crippen LogP contribution in [0.15, 0.2) is 61.2 Å². The molecule has 0 atom stereocenters. The largest absolute Gasteiger partial charge is 0.371 e. The fourth-order valence-corrected chi connectivity index (χ4v) is 4.85. The van der Waals surface area contributed by atoms with Gasteiger partial charge in [-0.25, -0.2) is 0 Å². The van der Waals surface area contributed by atoms with Gasteiger partial charge in [-0.15, -0.1) is 0 Å². The Labute approximate surface area is 222 Å². The van der Waals surface area contributed by atoms with Crippen LogP contribution in [0.25, 0.3) is 5.57 Å². The number of nitrogens with zero attached hydrogens (tertiary/aromatic N) is 1. The Hall–Kier alpha value is -1.99. The van der Waals surface area contributed by atoms with E-state index in [-0.39, 0.29) is 0 Å². The molecule has 2 aromatic rings. The molecule has 2 heteroatoms. The highest BCUT2D eigenvalue weighted by Crippen LogP contribution is 2.27. The highest BCUT2D eigenvalue weighted by molar-refractivity contribution is 6.30. The van der Waals surface area contributed by atoms with Gasteiger partial charge in [-0.05, 0) is 87.4 Å². The highest BCUT2D eigenvalue weighted by atomic mass is 35.5. The van der Waals surface area contributed by atoms with Crippen LogP contribution in [-0.4, -0.2) is 13.1 Å². The van der Waals surface area contributed by atoms with Gasteiger partial charge in [0.25, 0.3) is 0 Å². The van der Waals surface area contributed by atoms with Gasteiger partial charge in [0.1, 0.15) is 0 Å². The number of anilines is 1. The standard InChI is InChI=1S/C15H21N.C10H11Cl.C6H12.C2H6/c1-12(2)14-7-9-16(10-8-14)15-6-4-5-13(3)11-15;1-7(2)10-5-4-9(11)6-8(10)3;1-2-4-6-5-3-1;1-2/h4-6,11,14H,1,7-10H2,2-3H3;4-6H,1H2,2-3H3;1-6H2;1-2H3. The average Bonchev–Trinajstić information content (AvgIpc) is 2.87. The van der Waals surface area contributed by atoms with E-state index in [1.807, 2.05) is 45.9 Å². The lowest BCUT2D eigenvalue weighted by Gasteiger charge is -2.34. The lowest BCUT2D eigenvalue weighted by atomic mass is 9.91. The molecule has 0 bridgehead atoms. The van der Waals surface area contributed by atoms with Crippen molar-refractivity contribution in [2.45, 2.75) is 92.9 Å². The first-order valence-corrected chi connectivity index (χ1v) is 14.0. The van der Waals surface area contributed by atoms with E-state index in [0.29, 0.717) is 0 Å². The Morgan fingerprint density at radius 3 is 1.80 bits per heavy atom. The molecular formula is C33H50ClN. The summed E-state index contributed by atoms with van der Waals surface area (Å²) in [6, 6.07) is 14.6. The number of halogens is 1. The average molecular weight is 496 g/mol. The zero-order valence-corrected chi connectivity index (χ0v) is 24.2. The third-order valence-corrected chi connectivity index (χ3v) is 6.94. The van der Waals surface area contributed by atoms with Crippen LogP contribution in [0, 0.1) is 19.8 Å². The summed E-state index contributed by atoms with van der Waals surface area (Å²) in [6.07, 6.45) is 11.5. The molecule has 0 N–H and O–H groups in total. The minimum Gasteiger partial charge on any atom is -0.371 e. The first-order valence-electron chi connectivity index (χ1n) is 13.7. The summed E-state index contributed by atoms with van der Waals surface area (Å²) in [5, 5.41) is 0.785. The predicted molar refractivity (Wildman–Crippen MR) is 161 cm³/mol. The van der Waals surface area contributed by atoms with E-state index in [1.165, 1.54) is 92.4 Å². The van der Waals surface area contributed by atoms with Crippen molar-refractivity contribution in [1.82, 2.24) is 0 Å². The number of piperidine rings is 1. The molecule has 1 saturated carbocycles. The van der Waals surface area contributed by atoms with Gasteiger partial charge in [0.2, 0.25) is 0 Å². The summed E-state index contributed by atoms with van der Waals surface area (Å²) < 4.78 is 0. The second-order valence-corrected chi connectivity index (χ2v) is 10.2. The lowest BCUT2D eigenvalue weighted by molar-refractivity contribution is 0.459. The molecule has 0 aromatic heterocycles. The fourth-order valence-electron chi connectivity index (χ4n) is 4.62. The van der Waals surface area contributed by atoms with E-state index in [1.54, 1.807) is 0 Å². The maximum Gasteiger partial charge on any atom is 0.0409 e. The number of rotatable bonds is 3. The van der Waals surface area contributed by atoms with Crippen LogP contribution in [0.5, 0.6) is 0 Å². The van der Waals surface area contributed by atoms with Crippen LogP contribution >= 0.6 is 11.6 Å². The zero-order chi connectivity index (χ0) is 26.2. The normalized spacial score (nSPS) is 15.3. The van der Waals surface area contributed by atoms with Crippen molar-refractivity contribution in [1.29, 1.82) is 0 Å². The molecule has 2 fully saturated rings. The van der Waals surface area contributed by atoms with Crippen molar-refractivity contribution in [2.75, 3.05) is 18.0 Å². The summed E-state index contributed by atoms with van der Waals surface area (Å²) in [4.78, 5) is 2.49. The van der Waals surface area contributed by atoms with Gasteiger partial charge in [0.15, 0.2) is 0 Å². The molecule has 0 unspecified atom stereocenters. The van der Waals surface area contributed by atoms with Crippen LogP contribution in [0.4, 0.5) is 5.69 Å². The minimum atomic E-state index is 0.737. The molecule has 1 heterocycles. The third-order valence-electron chi connectivity index (χ3n) is 6.71. The Morgan fingerprint density at radius 2 is 1.37 bits per heavy atom. The molecule has 2 aliphatic rings. The van der Waals surface area contributed by atoms with Crippen LogP contribution in [-0.2, 0) is 0 Å². The van der Waals surface area contributed by atoms with Crippen LogP contribution in [0.2, 0.25) is 5.02 Å². The number of hydrogen-bond donors (Lipinski definition) is 0. The summed E-state index contributed by atoms with van der Waals surface area (Å²) in [5.74, 6) is 0.737. The van der Waals surface area contributed by atoms with Gasteiger partial charge >= 0.3 is 0 Å². The highest BCUT2D eigenvalue weighted by Gasteiger charge is 2.19. The van der Waals surface area contributed by atoms with Crippen molar-refractivity contribution in [3.63, 3.8) is 0 Å². The van der Waals surface area contributed by atoms with Gasteiger partial charge in [0, 0.05) is 23.8 Å². The van der Waals surface area contributed by atoms with Gasteiger partial charge in [-0.2, -0.15) is 0 Å². The van der Waals surface area contributed by atoms with Crippen molar-refractivity contribution in [2.24, 2.45) is 5.92 Å². The minimum absolute atomic E-state index is 0.737. The summed E-state index contributed by atoms with van der Waals surface area (Å²) in [7, 11) is 0. The Morgan fingerprint density at radius 1 is 0.829 bits per heavy atom. The van der Waals surface area contributed by atoms with E-state index in [4.69, 9.17) is 11.6 Å². The Bertz CT molecular complexity index is 874.